The van der Waals surface area contributed by atoms with Crippen molar-refractivity contribution < 1.29 is 26.7 Å². The average molecular weight is 535 g/mol. The van der Waals surface area contributed by atoms with Gasteiger partial charge in [-0.3, -0.25) is 4.98 Å². The number of halogens is 2. The highest BCUT2D eigenvalue weighted by Gasteiger charge is 2.30. The maximum Gasteiger partial charge on any atom is 0.302 e. The summed E-state index contributed by atoms with van der Waals surface area (Å²) in [4.78, 5) is 16.7. The first kappa shape index (κ1) is 26.5. The second-order valence-corrected chi connectivity index (χ2v) is 10.8. The van der Waals surface area contributed by atoms with Gasteiger partial charge >= 0.3 is 9.84 Å². The Balaban J connectivity index is 1.59. The first-order valence-electron chi connectivity index (χ1n) is 11.9. The Kier molecular flexibility index (Phi) is 8.06. The van der Waals surface area contributed by atoms with Crippen LogP contribution in [0.5, 0.6) is 11.5 Å². The number of pyridine rings is 1. The highest BCUT2D eigenvalue weighted by molar-refractivity contribution is 7.90. The molecule has 0 saturated carbocycles. The lowest BCUT2D eigenvalue weighted by molar-refractivity contribution is 0.0642. The molecule has 0 aliphatic carbocycles. The minimum atomic E-state index is -3.13. The minimum absolute atomic E-state index is 0.0452. The van der Waals surface area contributed by atoms with Gasteiger partial charge in [0.25, 0.3) is 0 Å². The number of nitrogens with zero attached hydrogens (tertiary/aromatic N) is 5. The summed E-state index contributed by atoms with van der Waals surface area (Å²) >= 11 is 0. The summed E-state index contributed by atoms with van der Waals surface area (Å²) in [6, 6.07) is 6.92. The molecule has 4 rings (SSSR count). The first-order chi connectivity index (χ1) is 17.7. The predicted molar refractivity (Wildman–Crippen MR) is 137 cm³/mol. The number of anilines is 3. The lowest BCUT2D eigenvalue weighted by Crippen LogP contribution is -2.44. The Morgan fingerprint density at radius 2 is 1.81 bits per heavy atom. The molecule has 1 fully saturated rings. The van der Waals surface area contributed by atoms with E-state index >= 15 is 0 Å². The third kappa shape index (κ3) is 6.07. The summed E-state index contributed by atoms with van der Waals surface area (Å²) < 4.78 is 60.5. The van der Waals surface area contributed by atoms with Crippen molar-refractivity contribution >= 4 is 27.2 Å². The second kappa shape index (κ2) is 11.2. The van der Waals surface area contributed by atoms with Gasteiger partial charge in [0.05, 0.1) is 38.2 Å². The van der Waals surface area contributed by atoms with E-state index in [9.17, 15) is 17.2 Å². The van der Waals surface area contributed by atoms with E-state index < -0.39 is 22.0 Å². The molecule has 2 unspecified atom stereocenters. The number of hydrogen-bond donors (Lipinski definition) is 0. The molecule has 198 valence electrons. The quantitative estimate of drug-likeness (QED) is 0.371. The maximum atomic E-state index is 14.6. The summed E-state index contributed by atoms with van der Waals surface area (Å²) in [5, 5.41) is 0. The number of ether oxygens (including phenoxy) is 2. The normalized spacial score (nSPS) is 16.6. The number of alkyl halides is 1. The molecule has 0 bridgehead atoms. The Morgan fingerprint density at radius 1 is 1.16 bits per heavy atom. The molecule has 1 saturated heterocycles. The van der Waals surface area contributed by atoms with Crippen LogP contribution in [0.2, 0.25) is 0 Å². The molecule has 12 heteroatoms. The lowest BCUT2D eigenvalue weighted by Gasteiger charge is -2.40. The summed E-state index contributed by atoms with van der Waals surface area (Å²) in [5.74, 6) is 0.381. The number of hydrogen-bond acceptors (Lipinski definition) is 8. The van der Waals surface area contributed by atoms with E-state index in [1.807, 2.05) is 9.80 Å². The third-order valence-electron chi connectivity index (χ3n) is 6.16. The molecule has 2 aromatic heterocycles. The standard InChI is InChI=1S/C25H29F2N5O4S/c1-4-23(27)36-19-7-5-17(6-8-19)32(22-16-28-15-21(26)24(22)35-2)18-9-11-31(12-10-18)25-29-13-20(14-30-25)37(3,33)34/h5-8,13-16,18,23H,4,9-12H2,1-3H3/p+1. The van der Waals surface area contributed by atoms with Crippen molar-refractivity contribution in [3.8, 4) is 11.5 Å². The number of benzene rings is 1. The van der Waals surface area contributed by atoms with Crippen molar-refractivity contribution in [2.24, 2.45) is 0 Å². The highest BCUT2D eigenvalue weighted by Crippen LogP contribution is 2.39. The van der Waals surface area contributed by atoms with Crippen molar-refractivity contribution in [2.75, 3.05) is 36.3 Å². The molecule has 1 aliphatic heterocycles. The van der Waals surface area contributed by atoms with E-state index in [0.29, 0.717) is 43.3 Å². The van der Waals surface area contributed by atoms with Crippen LogP contribution in [0.3, 0.4) is 0 Å². The van der Waals surface area contributed by atoms with Crippen LogP contribution in [0.1, 0.15) is 26.2 Å². The molecular formula is C25H30F2N5O4S+. The van der Waals surface area contributed by atoms with E-state index in [2.05, 4.69) is 15.0 Å². The second-order valence-electron chi connectivity index (χ2n) is 8.71. The van der Waals surface area contributed by atoms with Crippen LogP contribution in [0.15, 0.2) is 53.9 Å². The van der Waals surface area contributed by atoms with Crippen molar-refractivity contribution in [1.82, 2.24) is 15.0 Å². The summed E-state index contributed by atoms with van der Waals surface area (Å²) in [7, 11) is -1.72. The predicted octanol–water partition coefficient (Wildman–Crippen LogP) is 4.47. The summed E-state index contributed by atoms with van der Waals surface area (Å²) in [6.07, 6.45) is 6.83. The van der Waals surface area contributed by atoms with Gasteiger partial charge < -0.3 is 19.3 Å². The van der Waals surface area contributed by atoms with Crippen LogP contribution in [0, 0.1) is 5.82 Å². The van der Waals surface area contributed by atoms with Gasteiger partial charge in [-0.25, -0.2) is 23.0 Å². The molecule has 3 aromatic rings. The van der Waals surface area contributed by atoms with Crippen LogP contribution in [-0.4, -0.2) is 62.2 Å². The molecule has 9 nitrogen and oxygen atoms in total. The molecule has 1 aromatic carbocycles. The molecule has 0 radical (unpaired) electrons. The molecule has 0 amide bonds. The number of piperidine rings is 1. The Bertz CT molecular complexity index is 1300. The maximum absolute atomic E-state index is 14.6. The van der Waals surface area contributed by atoms with Crippen molar-refractivity contribution in [2.45, 2.75) is 43.5 Å². The van der Waals surface area contributed by atoms with Gasteiger partial charge in [-0.1, -0.05) is 6.92 Å². The Labute approximate surface area is 215 Å². The van der Waals surface area contributed by atoms with Gasteiger partial charge in [-0.2, -0.15) is 4.21 Å². The lowest BCUT2D eigenvalue weighted by atomic mass is 10.0. The SMILES string of the molecule is CCC(F)Oc1ccc(N(c2cncc(F)c2OC)C2CCN(c3ncc(S(C)(=O)=[OH+])cn3)CC2)cc1. The topological polar surface area (TPSA) is 102 Å². The zero-order chi connectivity index (χ0) is 26.6. The Morgan fingerprint density at radius 3 is 2.38 bits per heavy atom. The fourth-order valence-corrected chi connectivity index (χ4v) is 4.74. The molecule has 3 heterocycles. The minimum Gasteiger partial charge on any atom is -0.491 e. The van der Waals surface area contributed by atoms with Gasteiger partial charge in [0, 0.05) is 31.2 Å². The molecular weight excluding hydrogens is 504 g/mol. The van der Waals surface area contributed by atoms with E-state index in [1.165, 1.54) is 25.8 Å². The van der Waals surface area contributed by atoms with Gasteiger partial charge in [-0.15, -0.1) is 0 Å². The van der Waals surface area contributed by atoms with Gasteiger partial charge in [0.15, 0.2) is 16.5 Å². The van der Waals surface area contributed by atoms with Crippen LogP contribution in [0.4, 0.5) is 26.1 Å². The average Bonchev–Trinajstić information content (AvgIpc) is 2.90. The van der Waals surface area contributed by atoms with E-state index in [4.69, 9.17) is 9.47 Å². The van der Waals surface area contributed by atoms with Crippen molar-refractivity contribution in [1.29, 1.82) is 0 Å². The van der Waals surface area contributed by atoms with Crippen LogP contribution < -0.4 is 19.3 Å². The molecule has 1 aliphatic rings. The third-order valence-corrected chi connectivity index (χ3v) is 7.25. The van der Waals surface area contributed by atoms with E-state index in [-0.39, 0.29) is 23.1 Å². The van der Waals surface area contributed by atoms with Crippen molar-refractivity contribution in [3.63, 3.8) is 0 Å². The number of methoxy groups -OCH3 is 1. The van der Waals surface area contributed by atoms with E-state index in [1.54, 1.807) is 37.4 Å². The summed E-state index contributed by atoms with van der Waals surface area (Å²) in [6.45, 7) is 2.91. The zero-order valence-electron chi connectivity index (χ0n) is 20.9. The fourth-order valence-electron chi connectivity index (χ4n) is 4.24. The van der Waals surface area contributed by atoms with Gasteiger partial charge in [0.1, 0.15) is 11.4 Å². The molecule has 2 atom stereocenters. The van der Waals surface area contributed by atoms with Crippen LogP contribution in [-0.2, 0) is 9.84 Å². The van der Waals surface area contributed by atoms with Gasteiger partial charge in [0.2, 0.25) is 12.3 Å². The largest absolute Gasteiger partial charge is 0.491 e. The number of aromatic nitrogens is 3. The molecule has 1 N–H and O–H groups in total. The zero-order valence-corrected chi connectivity index (χ0v) is 21.7. The fraction of sp³-hybridized carbons (Fsp3) is 0.400. The Hall–Kier alpha value is -3.54. The highest BCUT2D eigenvalue weighted by atomic mass is 32.2. The first-order valence-corrected chi connectivity index (χ1v) is 13.8. The molecule has 37 heavy (non-hydrogen) atoms. The molecule has 0 spiro atoms. The smallest absolute Gasteiger partial charge is 0.302 e. The van der Waals surface area contributed by atoms with E-state index in [0.717, 1.165) is 11.9 Å². The number of rotatable bonds is 9. The van der Waals surface area contributed by atoms with Crippen molar-refractivity contribution in [3.05, 3.63) is 54.9 Å². The van der Waals surface area contributed by atoms with Crippen LogP contribution >= 0.6 is 0 Å². The monoisotopic (exact) mass is 534 g/mol. The summed E-state index contributed by atoms with van der Waals surface area (Å²) in [5.41, 5.74) is 1.23. The van der Waals surface area contributed by atoms with Gasteiger partial charge in [-0.05, 0) is 37.1 Å². The van der Waals surface area contributed by atoms with Crippen LogP contribution in [0.25, 0.3) is 0 Å².